The molecular formula is C15H21N3O2S. The van der Waals surface area contributed by atoms with Gasteiger partial charge in [-0.25, -0.2) is 4.98 Å². The van der Waals surface area contributed by atoms with Gasteiger partial charge in [-0.1, -0.05) is 6.07 Å². The van der Waals surface area contributed by atoms with E-state index in [9.17, 15) is 5.11 Å². The number of hydrogen-bond acceptors (Lipinski definition) is 6. The number of nitrogens with zero attached hydrogens (tertiary/aromatic N) is 2. The van der Waals surface area contributed by atoms with Crippen LogP contribution in [0.15, 0.2) is 29.8 Å². The van der Waals surface area contributed by atoms with Gasteiger partial charge < -0.3 is 15.6 Å². The average molecular weight is 307 g/mol. The highest BCUT2D eigenvalue weighted by atomic mass is 32.1. The van der Waals surface area contributed by atoms with Crippen molar-refractivity contribution in [2.24, 2.45) is 0 Å². The predicted octanol–water partition coefficient (Wildman–Crippen LogP) is 1.91. The molecule has 0 bridgehead atoms. The molecule has 2 aromatic rings. The van der Waals surface area contributed by atoms with Crippen molar-refractivity contribution in [2.45, 2.75) is 19.6 Å². The number of nitrogen functional groups attached to an aromatic ring is 1. The molecule has 5 nitrogen and oxygen atoms in total. The molecule has 0 saturated carbocycles. The topological polar surface area (TPSA) is 71.6 Å². The summed E-state index contributed by atoms with van der Waals surface area (Å²) in [6.07, 6.45) is -0.551. The lowest BCUT2D eigenvalue weighted by molar-refractivity contribution is 0.0746. The second-order valence-corrected chi connectivity index (χ2v) is 6.03. The maximum absolute atomic E-state index is 10.0. The van der Waals surface area contributed by atoms with Crippen molar-refractivity contribution in [3.05, 3.63) is 40.3 Å². The lowest BCUT2D eigenvalue weighted by atomic mass is 10.3. The fourth-order valence-electron chi connectivity index (χ4n) is 2.00. The molecule has 1 heterocycles. The van der Waals surface area contributed by atoms with Gasteiger partial charge in [0.15, 0.2) is 0 Å². The molecule has 0 aliphatic rings. The summed E-state index contributed by atoms with van der Waals surface area (Å²) in [5, 5.41) is 10.0. The molecule has 114 valence electrons. The van der Waals surface area contributed by atoms with Gasteiger partial charge in [0.1, 0.15) is 18.5 Å². The lowest BCUT2D eigenvalue weighted by Gasteiger charge is -2.20. The first-order valence-corrected chi connectivity index (χ1v) is 7.66. The van der Waals surface area contributed by atoms with Crippen LogP contribution in [0.2, 0.25) is 0 Å². The van der Waals surface area contributed by atoms with Crippen molar-refractivity contribution in [1.29, 1.82) is 0 Å². The van der Waals surface area contributed by atoms with E-state index in [0.717, 1.165) is 12.2 Å². The number of ether oxygens (including phenoxy) is 1. The average Bonchev–Trinajstić information content (AvgIpc) is 2.82. The van der Waals surface area contributed by atoms with Crippen LogP contribution in [0.4, 0.5) is 5.69 Å². The maximum Gasteiger partial charge on any atom is 0.121 e. The van der Waals surface area contributed by atoms with E-state index in [0.29, 0.717) is 18.0 Å². The van der Waals surface area contributed by atoms with Gasteiger partial charge in [-0.2, -0.15) is 0 Å². The molecule has 1 atom stereocenters. The first-order valence-electron chi connectivity index (χ1n) is 6.78. The number of aliphatic hydroxyl groups excluding tert-OH is 1. The first kappa shape index (κ1) is 15.8. The van der Waals surface area contributed by atoms with Gasteiger partial charge in [-0.15, -0.1) is 11.3 Å². The van der Waals surface area contributed by atoms with Gasteiger partial charge >= 0.3 is 0 Å². The quantitative estimate of drug-likeness (QED) is 0.765. The van der Waals surface area contributed by atoms with Crippen molar-refractivity contribution in [2.75, 3.05) is 25.9 Å². The van der Waals surface area contributed by atoms with Crippen LogP contribution in [0.1, 0.15) is 10.6 Å². The molecule has 6 heteroatoms. The van der Waals surface area contributed by atoms with Gasteiger partial charge in [0.25, 0.3) is 0 Å². The van der Waals surface area contributed by atoms with Crippen LogP contribution in [0.3, 0.4) is 0 Å². The third kappa shape index (κ3) is 5.00. The number of aryl methyl sites for hydroxylation is 1. The Hall–Kier alpha value is -1.63. The molecule has 1 aromatic carbocycles. The Kier molecular flexibility index (Phi) is 5.55. The molecule has 0 radical (unpaired) electrons. The van der Waals surface area contributed by atoms with Gasteiger partial charge in [0.2, 0.25) is 0 Å². The summed E-state index contributed by atoms with van der Waals surface area (Å²) < 4.78 is 5.54. The van der Waals surface area contributed by atoms with Crippen LogP contribution < -0.4 is 10.5 Å². The molecule has 0 fully saturated rings. The Morgan fingerprint density at radius 2 is 2.29 bits per heavy atom. The van der Waals surface area contributed by atoms with E-state index in [1.54, 1.807) is 23.5 Å². The largest absolute Gasteiger partial charge is 0.491 e. The first-order chi connectivity index (χ1) is 10.0. The zero-order valence-corrected chi connectivity index (χ0v) is 13.1. The van der Waals surface area contributed by atoms with Gasteiger partial charge in [0, 0.05) is 29.7 Å². The third-order valence-corrected chi connectivity index (χ3v) is 4.00. The number of thiazole rings is 1. The smallest absolute Gasteiger partial charge is 0.121 e. The van der Waals surface area contributed by atoms with Crippen LogP contribution >= 0.6 is 11.3 Å². The number of anilines is 1. The van der Waals surface area contributed by atoms with E-state index < -0.39 is 6.10 Å². The van der Waals surface area contributed by atoms with Crippen LogP contribution in [0.5, 0.6) is 5.75 Å². The van der Waals surface area contributed by atoms with Gasteiger partial charge in [0.05, 0.1) is 11.2 Å². The van der Waals surface area contributed by atoms with Crippen molar-refractivity contribution in [3.8, 4) is 5.75 Å². The predicted molar refractivity (Wildman–Crippen MR) is 85.5 cm³/mol. The van der Waals surface area contributed by atoms with E-state index >= 15 is 0 Å². The Labute approximate surface area is 129 Å². The highest BCUT2D eigenvalue weighted by Crippen LogP contribution is 2.16. The van der Waals surface area contributed by atoms with Gasteiger partial charge in [-0.3, -0.25) is 4.90 Å². The molecule has 3 N–H and O–H groups in total. The van der Waals surface area contributed by atoms with E-state index in [1.165, 1.54) is 4.88 Å². The molecule has 21 heavy (non-hydrogen) atoms. The van der Waals surface area contributed by atoms with Crippen LogP contribution in [-0.2, 0) is 6.54 Å². The highest BCUT2D eigenvalue weighted by molar-refractivity contribution is 7.09. The summed E-state index contributed by atoms with van der Waals surface area (Å²) in [6, 6.07) is 7.20. The molecule has 0 saturated heterocycles. The van der Waals surface area contributed by atoms with E-state index in [1.807, 2.05) is 31.6 Å². The van der Waals surface area contributed by atoms with Crippen LogP contribution in [-0.4, -0.2) is 41.3 Å². The van der Waals surface area contributed by atoms with Gasteiger partial charge in [-0.05, 0) is 26.1 Å². The number of rotatable bonds is 7. The summed E-state index contributed by atoms with van der Waals surface area (Å²) in [4.78, 5) is 7.51. The molecule has 0 aliphatic heterocycles. The molecule has 1 unspecified atom stereocenters. The maximum atomic E-state index is 10.0. The Morgan fingerprint density at radius 1 is 1.48 bits per heavy atom. The number of aromatic nitrogens is 1. The summed E-state index contributed by atoms with van der Waals surface area (Å²) in [5.74, 6) is 0.676. The Morgan fingerprint density at radius 3 is 2.95 bits per heavy atom. The zero-order chi connectivity index (χ0) is 15.2. The summed E-state index contributed by atoms with van der Waals surface area (Å²) in [6.45, 7) is 3.57. The second kappa shape index (κ2) is 7.40. The number of aliphatic hydroxyl groups is 1. The molecular weight excluding hydrogens is 286 g/mol. The molecule has 2 rings (SSSR count). The summed E-state index contributed by atoms with van der Waals surface area (Å²) >= 11 is 1.64. The number of likely N-dealkylation sites (N-methyl/N-ethyl adjacent to an activating group) is 1. The minimum atomic E-state index is -0.551. The van der Waals surface area contributed by atoms with Crippen molar-refractivity contribution in [3.63, 3.8) is 0 Å². The van der Waals surface area contributed by atoms with E-state index in [2.05, 4.69) is 9.88 Å². The third-order valence-electron chi connectivity index (χ3n) is 3.08. The van der Waals surface area contributed by atoms with Crippen molar-refractivity contribution < 1.29 is 9.84 Å². The highest BCUT2D eigenvalue weighted by Gasteiger charge is 2.11. The monoisotopic (exact) mass is 307 g/mol. The minimum absolute atomic E-state index is 0.246. The van der Waals surface area contributed by atoms with E-state index in [4.69, 9.17) is 10.5 Å². The molecule has 0 spiro atoms. The number of nitrogens with two attached hydrogens (primary N) is 1. The normalized spacial score (nSPS) is 12.6. The summed E-state index contributed by atoms with van der Waals surface area (Å²) in [7, 11) is 1.98. The van der Waals surface area contributed by atoms with Crippen molar-refractivity contribution in [1.82, 2.24) is 9.88 Å². The zero-order valence-electron chi connectivity index (χ0n) is 12.3. The van der Waals surface area contributed by atoms with Crippen LogP contribution in [0.25, 0.3) is 0 Å². The SMILES string of the molecule is Cc1ncsc1CN(C)CC(O)COc1cccc(N)c1. The van der Waals surface area contributed by atoms with Crippen LogP contribution in [0, 0.1) is 6.92 Å². The summed E-state index contributed by atoms with van der Waals surface area (Å²) in [5.41, 5.74) is 9.23. The van der Waals surface area contributed by atoms with Crippen molar-refractivity contribution >= 4 is 17.0 Å². The standard InChI is InChI=1S/C15H21N3O2S/c1-11-15(21-10-17-11)8-18(2)7-13(19)9-20-14-5-3-4-12(16)6-14/h3-6,10,13,19H,7-9,16H2,1-2H3. The Balaban J connectivity index is 1.76. The molecule has 0 amide bonds. The Bertz CT molecular complexity index is 574. The second-order valence-electron chi connectivity index (χ2n) is 5.10. The number of hydrogen-bond donors (Lipinski definition) is 2. The molecule has 0 aliphatic carbocycles. The fourth-order valence-corrected chi connectivity index (χ4v) is 2.85. The van der Waals surface area contributed by atoms with E-state index in [-0.39, 0.29) is 6.61 Å². The number of benzene rings is 1. The fraction of sp³-hybridized carbons (Fsp3) is 0.400. The lowest BCUT2D eigenvalue weighted by Crippen LogP contribution is -2.32. The minimum Gasteiger partial charge on any atom is -0.491 e. The molecule has 1 aromatic heterocycles.